The fourth-order valence-corrected chi connectivity index (χ4v) is 2.33. The van der Waals surface area contributed by atoms with Gasteiger partial charge in [0.05, 0.1) is 6.54 Å². The van der Waals surface area contributed by atoms with Gasteiger partial charge in [0.15, 0.2) is 0 Å². The fraction of sp³-hybridized carbons (Fsp3) is 0.462. The standard InChI is InChI=1S/C13H18N2O/c1-9-4-2-3-5-12(9)10-6-11(7-10)15-8-13(14)16/h2-5,10-11,15H,6-8H2,1H3,(H2,14,16). The van der Waals surface area contributed by atoms with Crippen LogP contribution in [0.1, 0.15) is 29.9 Å². The van der Waals surface area contributed by atoms with Crippen LogP contribution in [0, 0.1) is 6.92 Å². The third-order valence-corrected chi connectivity index (χ3v) is 3.33. The average Bonchev–Trinajstić information content (AvgIpc) is 2.17. The Kier molecular flexibility index (Phi) is 3.25. The molecule has 86 valence electrons. The summed E-state index contributed by atoms with van der Waals surface area (Å²) < 4.78 is 0. The summed E-state index contributed by atoms with van der Waals surface area (Å²) in [6, 6.07) is 8.97. The number of nitrogens with one attached hydrogen (secondary N) is 1. The number of benzene rings is 1. The van der Waals surface area contributed by atoms with E-state index in [4.69, 9.17) is 5.73 Å². The first-order valence-corrected chi connectivity index (χ1v) is 5.74. The van der Waals surface area contributed by atoms with Crippen LogP contribution in [0.4, 0.5) is 0 Å². The van der Waals surface area contributed by atoms with E-state index in [1.807, 2.05) is 0 Å². The van der Waals surface area contributed by atoms with Crippen molar-refractivity contribution in [2.24, 2.45) is 5.73 Å². The second kappa shape index (κ2) is 4.66. The fourth-order valence-electron chi connectivity index (χ4n) is 2.33. The van der Waals surface area contributed by atoms with E-state index in [2.05, 4.69) is 36.5 Å². The summed E-state index contributed by atoms with van der Waals surface area (Å²) in [7, 11) is 0. The predicted octanol–water partition coefficient (Wildman–Crippen LogP) is 1.32. The molecule has 1 aromatic rings. The smallest absolute Gasteiger partial charge is 0.231 e. The quantitative estimate of drug-likeness (QED) is 0.800. The first kappa shape index (κ1) is 11.1. The van der Waals surface area contributed by atoms with Crippen molar-refractivity contribution in [1.29, 1.82) is 0 Å². The number of carbonyl (C=O) groups excluding carboxylic acids is 1. The van der Waals surface area contributed by atoms with Gasteiger partial charge in [0, 0.05) is 6.04 Å². The van der Waals surface area contributed by atoms with Gasteiger partial charge in [0.1, 0.15) is 0 Å². The molecule has 1 aliphatic rings. The molecule has 0 radical (unpaired) electrons. The lowest BCUT2D eigenvalue weighted by molar-refractivity contribution is -0.117. The van der Waals surface area contributed by atoms with Gasteiger partial charge in [0.25, 0.3) is 0 Å². The highest BCUT2D eigenvalue weighted by molar-refractivity contribution is 5.75. The number of hydrogen-bond donors (Lipinski definition) is 2. The van der Waals surface area contributed by atoms with Crippen molar-refractivity contribution in [2.45, 2.75) is 31.7 Å². The topological polar surface area (TPSA) is 55.1 Å². The van der Waals surface area contributed by atoms with Crippen molar-refractivity contribution in [3.63, 3.8) is 0 Å². The largest absolute Gasteiger partial charge is 0.369 e. The number of amides is 1. The van der Waals surface area contributed by atoms with Crippen LogP contribution in [-0.2, 0) is 4.79 Å². The first-order valence-electron chi connectivity index (χ1n) is 5.74. The monoisotopic (exact) mass is 218 g/mol. The summed E-state index contributed by atoms with van der Waals surface area (Å²) in [6.07, 6.45) is 2.22. The Morgan fingerprint density at radius 3 is 2.75 bits per heavy atom. The molecule has 0 atom stereocenters. The van der Waals surface area contributed by atoms with Gasteiger partial charge in [0.2, 0.25) is 5.91 Å². The molecule has 0 saturated heterocycles. The summed E-state index contributed by atoms with van der Waals surface area (Å²) in [5.74, 6) is 0.367. The molecule has 1 amide bonds. The average molecular weight is 218 g/mol. The minimum absolute atomic E-state index is 0.278. The molecule has 16 heavy (non-hydrogen) atoms. The van der Waals surface area contributed by atoms with Crippen molar-refractivity contribution in [1.82, 2.24) is 5.32 Å². The molecule has 0 bridgehead atoms. The number of carbonyl (C=O) groups is 1. The Labute approximate surface area is 96.0 Å². The molecule has 1 aromatic carbocycles. The van der Waals surface area contributed by atoms with Crippen molar-refractivity contribution in [2.75, 3.05) is 6.54 Å². The Morgan fingerprint density at radius 1 is 1.44 bits per heavy atom. The maximum absolute atomic E-state index is 10.6. The van der Waals surface area contributed by atoms with Crippen LogP contribution >= 0.6 is 0 Å². The zero-order valence-corrected chi connectivity index (χ0v) is 9.57. The molecule has 3 nitrogen and oxygen atoms in total. The minimum Gasteiger partial charge on any atom is -0.369 e. The molecule has 0 spiro atoms. The molecule has 3 heteroatoms. The molecule has 0 aromatic heterocycles. The summed E-state index contributed by atoms with van der Waals surface area (Å²) in [4.78, 5) is 10.6. The highest BCUT2D eigenvalue weighted by Gasteiger charge is 2.30. The van der Waals surface area contributed by atoms with E-state index in [9.17, 15) is 4.79 Å². The second-order valence-electron chi connectivity index (χ2n) is 4.57. The van der Waals surface area contributed by atoms with Crippen molar-refractivity contribution < 1.29 is 4.79 Å². The maximum atomic E-state index is 10.6. The van der Waals surface area contributed by atoms with Crippen LogP contribution in [0.3, 0.4) is 0 Å². The SMILES string of the molecule is Cc1ccccc1C1CC(NCC(N)=O)C1. The zero-order valence-electron chi connectivity index (χ0n) is 9.57. The van der Waals surface area contributed by atoms with Gasteiger partial charge in [-0.2, -0.15) is 0 Å². The molecule has 2 rings (SSSR count). The van der Waals surface area contributed by atoms with E-state index >= 15 is 0 Å². The Morgan fingerprint density at radius 2 is 2.12 bits per heavy atom. The van der Waals surface area contributed by atoms with Gasteiger partial charge in [-0.15, -0.1) is 0 Å². The predicted molar refractivity (Wildman–Crippen MR) is 64.1 cm³/mol. The molecule has 3 N–H and O–H groups in total. The number of primary amides is 1. The lowest BCUT2D eigenvalue weighted by atomic mass is 9.74. The van der Waals surface area contributed by atoms with Gasteiger partial charge >= 0.3 is 0 Å². The van der Waals surface area contributed by atoms with Gasteiger partial charge in [-0.1, -0.05) is 24.3 Å². The number of hydrogen-bond acceptors (Lipinski definition) is 2. The van der Waals surface area contributed by atoms with Crippen molar-refractivity contribution in [3.8, 4) is 0 Å². The summed E-state index contributed by atoms with van der Waals surface area (Å²) in [5, 5.41) is 3.16. The van der Waals surface area contributed by atoms with Crippen LogP contribution in [0.5, 0.6) is 0 Å². The Bertz CT molecular complexity index is 383. The van der Waals surface area contributed by atoms with E-state index in [0.29, 0.717) is 18.5 Å². The van der Waals surface area contributed by atoms with Crippen LogP contribution < -0.4 is 11.1 Å². The summed E-state index contributed by atoms with van der Waals surface area (Å²) in [5.41, 5.74) is 7.89. The summed E-state index contributed by atoms with van der Waals surface area (Å²) in [6.45, 7) is 2.45. The Balaban J connectivity index is 1.84. The molecule has 1 aliphatic carbocycles. The van der Waals surface area contributed by atoms with E-state index in [-0.39, 0.29) is 5.91 Å². The highest BCUT2D eigenvalue weighted by Crippen LogP contribution is 2.38. The number of rotatable bonds is 4. The van der Waals surface area contributed by atoms with Gasteiger partial charge < -0.3 is 11.1 Å². The lowest BCUT2D eigenvalue weighted by Gasteiger charge is -2.36. The Hall–Kier alpha value is -1.35. The molecular weight excluding hydrogens is 200 g/mol. The molecular formula is C13H18N2O. The number of nitrogens with two attached hydrogens (primary N) is 1. The van der Waals surface area contributed by atoms with E-state index in [1.165, 1.54) is 11.1 Å². The van der Waals surface area contributed by atoms with Crippen molar-refractivity contribution >= 4 is 5.91 Å². The van der Waals surface area contributed by atoms with E-state index < -0.39 is 0 Å². The van der Waals surface area contributed by atoms with Crippen LogP contribution in [-0.4, -0.2) is 18.5 Å². The van der Waals surface area contributed by atoms with Gasteiger partial charge in [-0.05, 0) is 36.8 Å². The molecule has 1 fully saturated rings. The minimum atomic E-state index is -0.278. The highest BCUT2D eigenvalue weighted by atomic mass is 16.1. The molecule has 0 aliphatic heterocycles. The van der Waals surface area contributed by atoms with Gasteiger partial charge in [-0.3, -0.25) is 4.79 Å². The van der Waals surface area contributed by atoms with Crippen LogP contribution in [0.25, 0.3) is 0 Å². The van der Waals surface area contributed by atoms with Crippen molar-refractivity contribution in [3.05, 3.63) is 35.4 Å². The zero-order chi connectivity index (χ0) is 11.5. The van der Waals surface area contributed by atoms with E-state index in [1.54, 1.807) is 0 Å². The second-order valence-corrected chi connectivity index (χ2v) is 4.57. The van der Waals surface area contributed by atoms with Crippen LogP contribution in [0.2, 0.25) is 0 Å². The molecule has 0 heterocycles. The van der Waals surface area contributed by atoms with E-state index in [0.717, 1.165) is 12.8 Å². The number of aryl methyl sites for hydroxylation is 1. The third kappa shape index (κ3) is 2.42. The summed E-state index contributed by atoms with van der Waals surface area (Å²) >= 11 is 0. The maximum Gasteiger partial charge on any atom is 0.231 e. The third-order valence-electron chi connectivity index (χ3n) is 3.33. The molecule has 0 unspecified atom stereocenters. The molecule has 1 saturated carbocycles. The first-order chi connectivity index (χ1) is 7.66. The normalized spacial score (nSPS) is 23.8. The lowest BCUT2D eigenvalue weighted by Crippen LogP contribution is -2.43. The van der Waals surface area contributed by atoms with Gasteiger partial charge in [-0.25, -0.2) is 0 Å². The van der Waals surface area contributed by atoms with Crippen LogP contribution in [0.15, 0.2) is 24.3 Å².